The molecule has 0 saturated heterocycles. The van der Waals surface area contributed by atoms with Gasteiger partial charge in [-0.2, -0.15) is 0 Å². The Kier molecular flexibility index (Phi) is 2.30. The first-order valence-corrected chi connectivity index (χ1v) is 4.97. The lowest BCUT2D eigenvalue weighted by molar-refractivity contribution is 0.657. The van der Waals surface area contributed by atoms with E-state index < -0.39 is 0 Å². The predicted molar refractivity (Wildman–Crippen MR) is 60.5 cm³/mol. The van der Waals surface area contributed by atoms with Gasteiger partial charge in [-0.15, -0.1) is 0 Å². The third-order valence-corrected chi connectivity index (χ3v) is 2.77. The number of aryl methyl sites for hydroxylation is 1. The van der Waals surface area contributed by atoms with Gasteiger partial charge in [-0.05, 0) is 38.1 Å². The Hall–Kier alpha value is -1.28. The molecule has 1 atom stereocenters. The van der Waals surface area contributed by atoms with E-state index in [4.69, 9.17) is 0 Å². The molecule has 14 heavy (non-hydrogen) atoms. The fraction of sp³-hybridized carbons (Fsp3) is 0.333. The minimum absolute atomic E-state index is 0.395. The van der Waals surface area contributed by atoms with Crippen LogP contribution in [0.5, 0.6) is 0 Å². The summed E-state index contributed by atoms with van der Waals surface area (Å²) in [5.41, 5.74) is 3.85. The van der Waals surface area contributed by atoms with Gasteiger partial charge >= 0.3 is 0 Å². The van der Waals surface area contributed by atoms with Crippen LogP contribution in [0, 0.1) is 6.92 Å². The fourth-order valence-corrected chi connectivity index (χ4v) is 1.78. The SMILES string of the molecule is CNC(C)c1c[nH]c2cc(C)ccc12. The van der Waals surface area contributed by atoms with Crippen LogP contribution in [-0.2, 0) is 0 Å². The maximum atomic E-state index is 3.30. The molecule has 2 N–H and O–H groups in total. The first-order chi connectivity index (χ1) is 6.72. The van der Waals surface area contributed by atoms with Gasteiger partial charge in [0.1, 0.15) is 0 Å². The standard InChI is InChI=1S/C12H16N2/c1-8-4-5-10-11(9(2)13-3)7-14-12(10)6-8/h4-7,9,13-14H,1-3H3. The number of hydrogen-bond acceptors (Lipinski definition) is 1. The first kappa shape index (κ1) is 9.28. The van der Waals surface area contributed by atoms with Crippen LogP contribution in [0.2, 0.25) is 0 Å². The van der Waals surface area contributed by atoms with E-state index in [1.54, 1.807) is 0 Å². The molecule has 2 rings (SSSR count). The Morgan fingerprint density at radius 3 is 2.86 bits per heavy atom. The van der Waals surface area contributed by atoms with Crippen molar-refractivity contribution in [3.63, 3.8) is 0 Å². The van der Waals surface area contributed by atoms with Crippen LogP contribution < -0.4 is 5.32 Å². The van der Waals surface area contributed by atoms with E-state index in [0.717, 1.165) is 0 Å². The lowest BCUT2D eigenvalue weighted by Gasteiger charge is -2.08. The number of hydrogen-bond donors (Lipinski definition) is 2. The summed E-state index contributed by atoms with van der Waals surface area (Å²) in [6.07, 6.45) is 2.09. The van der Waals surface area contributed by atoms with Gasteiger partial charge in [0.2, 0.25) is 0 Å². The van der Waals surface area contributed by atoms with Crippen LogP contribution in [0.1, 0.15) is 24.1 Å². The second-order valence-electron chi connectivity index (χ2n) is 3.80. The Bertz CT molecular complexity index is 443. The molecule has 2 aromatic rings. The molecule has 0 fully saturated rings. The third-order valence-electron chi connectivity index (χ3n) is 2.77. The smallest absolute Gasteiger partial charge is 0.0460 e. The van der Waals surface area contributed by atoms with Crippen molar-refractivity contribution in [2.75, 3.05) is 7.05 Å². The highest BCUT2D eigenvalue weighted by Crippen LogP contribution is 2.24. The Morgan fingerprint density at radius 1 is 1.36 bits per heavy atom. The summed E-state index contributed by atoms with van der Waals surface area (Å²) in [5, 5.41) is 4.57. The second-order valence-corrected chi connectivity index (χ2v) is 3.80. The quantitative estimate of drug-likeness (QED) is 0.745. The monoisotopic (exact) mass is 188 g/mol. The van der Waals surface area contributed by atoms with Crippen molar-refractivity contribution in [2.24, 2.45) is 0 Å². The molecule has 2 nitrogen and oxygen atoms in total. The molecule has 1 unspecified atom stereocenters. The average molecular weight is 188 g/mol. The van der Waals surface area contributed by atoms with Gasteiger partial charge in [0, 0.05) is 23.1 Å². The predicted octanol–water partition coefficient (Wildman–Crippen LogP) is 2.76. The Labute approximate surface area is 84.3 Å². The largest absolute Gasteiger partial charge is 0.361 e. The molecule has 1 aromatic carbocycles. The van der Waals surface area contributed by atoms with Crippen molar-refractivity contribution in [3.05, 3.63) is 35.5 Å². The van der Waals surface area contributed by atoms with Crippen LogP contribution in [0.3, 0.4) is 0 Å². The first-order valence-electron chi connectivity index (χ1n) is 4.97. The lowest BCUT2D eigenvalue weighted by atomic mass is 10.1. The summed E-state index contributed by atoms with van der Waals surface area (Å²) in [6.45, 7) is 4.28. The second kappa shape index (κ2) is 3.46. The number of benzene rings is 1. The topological polar surface area (TPSA) is 27.8 Å². The van der Waals surface area contributed by atoms with Crippen molar-refractivity contribution < 1.29 is 0 Å². The summed E-state index contributed by atoms with van der Waals surface area (Å²) in [4.78, 5) is 3.30. The van der Waals surface area contributed by atoms with Gasteiger partial charge in [0.25, 0.3) is 0 Å². The normalized spacial score (nSPS) is 13.4. The van der Waals surface area contributed by atoms with Crippen LogP contribution >= 0.6 is 0 Å². The minimum Gasteiger partial charge on any atom is -0.361 e. The number of aromatic nitrogens is 1. The molecule has 0 aliphatic carbocycles. The Balaban J connectivity index is 2.58. The number of H-pyrrole nitrogens is 1. The molecule has 0 aliphatic rings. The van der Waals surface area contributed by atoms with Crippen LogP contribution in [0.15, 0.2) is 24.4 Å². The summed E-state index contributed by atoms with van der Waals surface area (Å²) in [6, 6.07) is 6.92. The highest BCUT2D eigenvalue weighted by molar-refractivity contribution is 5.84. The van der Waals surface area contributed by atoms with Gasteiger partial charge in [-0.25, -0.2) is 0 Å². The van der Waals surface area contributed by atoms with Gasteiger partial charge < -0.3 is 10.3 Å². The van der Waals surface area contributed by atoms with Crippen LogP contribution in [-0.4, -0.2) is 12.0 Å². The molecule has 0 amide bonds. The number of rotatable bonds is 2. The molecular formula is C12H16N2. The summed E-state index contributed by atoms with van der Waals surface area (Å²) >= 11 is 0. The van der Waals surface area contributed by atoms with Crippen LogP contribution in [0.4, 0.5) is 0 Å². The zero-order valence-electron chi connectivity index (χ0n) is 8.89. The zero-order chi connectivity index (χ0) is 10.1. The van der Waals surface area contributed by atoms with E-state index in [-0.39, 0.29) is 0 Å². The molecule has 74 valence electrons. The molecule has 2 heteroatoms. The van der Waals surface area contributed by atoms with Crippen LogP contribution in [0.25, 0.3) is 10.9 Å². The number of aromatic amines is 1. The third kappa shape index (κ3) is 1.42. The molecule has 0 saturated carbocycles. The number of fused-ring (bicyclic) bond motifs is 1. The number of nitrogens with one attached hydrogen (secondary N) is 2. The van der Waals surface area contributed by atoms with Gasteiger partial charge in [0.15, 0.2) is 0 Å². The molecule has 0 aliphatic heterocycles. The maximum absolute atomic E-state index is 3.30. The van der Waals surface area contributed by atoms with E-state index in [2.05, 4.69) is 48.5 Å². The lowest BCUT2D eigenvalue weighted by Crippen LogP contribution is -2.11. The highest BCUT2D eigenvalue weighted by Gasteiger charge is 2.08. The summed E-state index contributed by atoms with van der Waals surface area (Å²) in [5.74, 6) is 0. The van der Waals surface area contributed by atoms with Crippen molar-refractivity contribution >= 4 is 10.9 Å². The van der Waals surface area contributed by atoms with E-state index in [0.29, 0.717) is 6.04 Å². The maximum Gasteiger partial charge on any atom is 0.0460 e. The van der Waals surface area contributed by atoms with Gasteiger partial charge in [-0.3, -0.25) is 0 Å². The minimum atomic E-state index is 0.395. The van der Waals surface area contributed by atoms with Gasteiger partial charge in [0.05, 0.1) is 0 Å². The van der Waals surface area contributed by atoms with E-state index in [1.807, 2.05) is 7.05 Å². The van der Waals surface area contributed by atoms with E-state index >= 15 is 0 Å². The highest BCUT2D eigenvalue weighted by atomic mass is 14.9. The summed E-state index contributed by atoms with van der Waals surface area (Å²) in [7, 11) is 1.98. The molecule has 1 aromatic heterocycles. The fourth-order valence-electron chi connectivity index (χ4n) is 1.78. The molecule has 0 spiro atoms. The summed E-state index contributed by atoms with van der Waals surface area (Å²) < 4.78 is 0. The van der Waals surface area contributed by atoms with Gasteiger partial charge in [-0.1, -0.05) is 12.1 Å². The van der Waals surface area contributed by atoms with Crippen molar-refractivity contribution in [2.45, 2.75) is 19.9 Å². The van der Waals surface area contributed by atoms with Crippen molar-refractivity contribution in [1.82, 2.24) is 10.3 Å². The van der Waals surface area contributed by atoms with Crippen molar-refractivity contribution in [1.29, 1.82) is 0 Å². The van der Waals surface area contributed by atoms with Crippen molar-refractivity contribution in [3.8, 4) is 0 Å². The van der Waals surface area contributed by atoms with E-state index in [1.165, 1.54) is 22.0 Å². The zero-order valence-corrected chi connectivity index (χ0v) is 8.89. The molecule has 1 heterocycles. The molecule has 0 radical (unpaired) electrons. The molecule has 0 bridgehead atoms. The molecular weight excluding hydrogens is 172 g/mol. The Morgan fingerprint density at radius 2 is 2.14 bits per heavy atom. The average Bonchev–Trinajstić information content (AvgIpc) is 2.59. The van der Waals surface area contributed by atoms with E-state index in [9.17, 15) is 0 Å².